The van der Waals surface area contributed by atoms with Crippen LogP contribution in [0, 0.1) is 5.92 Å². The Hall–Kier alpha value is -0.770. The minimum Gasteiger partial charge on any atom is -0.356 e. The SMILES string of the molecule is CCC(CC)CNC(=NC)NCC(C)N(CC)CC. The number of nitrogens with one attached hydrogen (secondary N) is 2. The summed E-state index contributed by atoms with van der Waals surface area (Å²) in [5.41, 5.74) is 0. The Kier molecular flexibility index (Phi) is 10.6. The monoisotopic (exact) mass is 270 g/mol. The van der Waals surface area contributed by atoms with Crippen LogP contribution in [0.3, 0.4) is 0 Å². The molecule has 1 atom stereocenters. The maximum absolute atomic E-state index is 4.29. The fourth-order valence-corrected chi connectivity index (χ4v) is 2.26. The van der Waals surface area contributed by atoms with Crippen molar-refractivity contribution in [3.63, 3.8) is 0 Å². The number of aliphatic imine (C=N–C) groups is 1. The summed E-state index contributed by atoms with van der Waals surface area (Å²) in [6.45, 7) is 15.3. The van der Waals surface area contributed by atoms with E-state index in [0.29, 0.717) is 6.04 Å². The lowest BCUT2D eigenvalue weighted by molar-refractivity contribution is 0.231. The maximum Gasteiger partial charge on any atom is 0.191 e. The minimum absolute atomic E-state index is 0.529. The molecule has 2 N–H and O–H groups in total. The quantitative estimate of drug-likeness (QED) is 0.499. The second-order valence-corrected chi connectivity index (χ2v) is 5.09. The maximum atomic E-state index is 4.29. The van der Waals surface area contributed by atoms with E-state index in [4.69, 9.17) is 0 Å². The Bertz CT molecular complexity index is 232. The van der Waals surface area contributed by atoms with E-state index in [1.165, 1.54) is 12.8 Å². The molecule has 0 saturated heterocycles. The second kappa shape index (κ2) is 11.1. The summed E-state index contributed by atoms with van der Waals surface area (Å²) < 4.78 is 0. The molecule has 0 aliphatic heterocycles. The molecule has 19 heavy (non-hydrogen) atoms. The lowest BCUT2D eigenvalue weighted by Gasteiger charge is -2.27. The molecule has 0 heterocycles. The van der Waals surface area contributed by atoms with Crippen molar-refractivity contribution in [2.45, 2.75) is 53.5 Å². The van der Waals surface area contributed by atoms with Crippen molar-refractivity contribution in [3.8, 4) is 0 Å². The highest BCUT2D eigenvalue weighted by molar-refractivity contribution is 5.79. The van der Waals surface area contributed by atoms with Crippen molar-refractivity contribution in [1.82, 2.24) is 15.5 Å². The highest BCUT2D eigenvalue weighted by atomic mass is 15.2. The van der Waals surface area contributed by atoms with Crippen LogP contribution in [-0.2, 0) is 0 Å². The van der Waals surface area contributed by atoms with Crippen LogP contribution >= 0.6 is 0 Å². The van der Waals surface area contributed by atoms with Gasteiger partial charge in [0.05, 0.1) is 0 Å². The molecule has 0 rings (SSSR count). The fraction of sp³-hybridized carbons (Fsp3) is 0.933. The Morgan fingerprint density at radius 1 is 1.00 bits per heavy atom. The van der Waals surface area contributed by atoms with Gasteiger partial charge >= 0.3 is 0 Å². The molecule has 0 saturated carbocycles. The highest BCUT2D eigenvalue weighted by Gasteiger charge is 2.10. The van der Waals surface area contributed by atoms with Crippen LogP contribution in [0.5, 0.6) is 0 Å². The molecule has 0 amide bonds. The average molecular weight is 270 g/mol. The molecule has 1 unspecified atom stereocenters. The van der Waals surface area contributed by atoms with Gasteiger partial charge < -0.3 is 10.6 Å². The second-order valence-electron chi connectivity index (χ2n) is 5.09. The molecule has 0 bridgehead atoms. The Morgan fingerprint density at radius 2 is 1.53 bits per heavy atom. The van der Waals surface area contributed by atoms with Crippen LogP contribution in [0.15, 0.2) is 4.99 Å². The van der Waals surface area contributed by atoms with Crippen LogP contribution < -0.4 is 10.6 Å². The third-order valence-electron chi connectivity index (χ3n) is 3.94. The van der Waals surface area contributed by atoms with Gasteiger partial charge in [-0.2, -0.15) is 0 Å². The first-order valence-electron chi connectivity index (χ1n) is 7.81. The topological polar surface area (TPSA) is 39.7 Å². The molecule has 0 fully saturated rings. The predicted molar refractivity (Wildman–Crippen MR) is 85.8 cm³/mol. The highest BCUT2D eigenvalue weighted by Crippen LogP contribution is 2.04. The number of likely N-dealkylation sites (N-methyl/N-ethyl adjacent to an activating group) is 1. The lowest BCUT2D eigenvalue weighted by Crippen LogP contribution is -2.46. The van der Waals surface area contributed by atoms with Gasteiger partial charge in [-0.1, -0.05) is 40.5 Å². The van der Waals surface area contributed by atoms with Gasteiger partial charge in [-0.3, -0.25) is 9.89 Å². The van der Waals surface area contributed by atoms with Crippen LogP contribution in [0.2, 0.25) is 0 Å². The summed E-state index contributed by atoms with van der Waals surface area (Å²) in [6.07, 6.45) is 2.44. The molecule has 0 radical (unpaired) electrons. The van der Waals surface area contributed by atoms with Gasteiger partial charge in [0.25, 0.3) is 0 Å². The van der Waals surface area contributed by atoms with Crippen LogP contribution in [0.25, 0.3) is 0 Å². The number of rotatable bonds is 9. The zero-order valence-electron chi connectivity index (χ0n) is 13.8. The van der Waals surface area contributed by atoms with E-state index in [-0.39, 0.29) is 0 Å². The van der Waals surface area contributed by atoms with Crippen molar-refractivity contribution in [2.75, 3.05) is 33.2 Å². The average Bonchev–Trinajstić information content (AvgIpc) is 2.44. The smallest absolute Gasteiger partial charge is 0.191 e. The minimum atomic E-state index is 0.529. The fourth-order valence-electron chi connectivity index (χ4n) is 2.26. The van der Waals surface area contributed by atoms with Crippen molar-refractivity contribution >= 4 is 5.96 Å². The zero-order valence-corrected chi connectivity index (χ0v) is 13.8. The molecule has 0 aromatic rings. The number of hydrogen-bond acceptors (Lipinski definition) is 2. The van der Waals surface area contributed by atoms with Gasteiger partial charge in [0, 0.05) is 26.2 Å². The molecule has 0 aliphatic carbocycles. The normalized spacial score (nSPS) is 14.0. The summed E-state index contributed by atoms with van der Waals surface area (Å²) in [7, 11) is 1.84. The van der Waals surface area contributed by atoms with Gasteiger partial charge in [0.15, 0.2) is 5.96 Å². The molecule has 4 heteroatoms. The van der Waals surface area contributed by atoms with E-state index in [1.54, 1.807) is 0 Å². The van der Waals surface area contributed by atoms with Gasteiger partial charge in [-0.05, 0) is 25.9 Å². The molecule has 0 aromatic heterocycles. The van der Waals surface area contributed by atoms with E-state index >= 15 is 0 Å². The standard InChI is InChI=1S/C15H34N4/c1-7-14(8-2)12-18-15(16-6)17-11-13(5)19(9-3)10-4/h13-14H,7-12H2,1-6H3,(H2,16,17,18). The van der Waals surface area contributed by atoms with Crippen LogP contribution in [0.1, 0.15) is 47.5 Å². The van der Waals surface area contributed by atoms with Gasteiger partial charge in [-0.15, -0.1) is 0 Å². The summed E-state index contributed by atoms with van der Waals surface area (Å²) in [6, 6.07) is 0.529. The van der Waals surface area contributed by atoms with Crippen LogP contribution in [0.4, 0.5) is 0 Å². The Labute approximate surface area is 120 Å². The Morgan fingerprint density at radius 3 is 1.95 bits per heavy atom. The molecule has 4 nitrogen and oxygen atoms in total. The van der Waals surface area contributed by atoms with Gasteiger partial charge in [0.2, 0.25) is 0 Å². The summed E-state index contributed by atoms with van der Waals surface area (Å²) in [5.74, 6) is 1.66. The van der Waals surface area contributed by atoms with Crippen molar-refractivity contribution in [1.29, 1.82) is 0 Å². The van der Waals surface area contributed by atoms with E-state index in [2.05, 4.69) is 55.1 Å². The first-order chi connectivity index (χ1) is 9.12. The third kappa shape index (κ3) is 7.41. The van der Waals surface area contributed by atoms with Gasteiger partial charge in [-0.25, -0.2) is 0 Å². The van der Waals surface area contributed by atoms with Crippen LogP contribution in [-0.4, -0.2) is 50.1 Å². The molecule has 0 aromatic carbocycles. The summed E-state index contributed by atoms with van der Waals surface area (Å²) >= 11 is 0. The predicted octanol–water partition coefficient (Wildman–Crippen LogP) is 2.32. The van der Waals surface area contributed by atoms with E-state index < -0.39 is 0 Å². The van der Waals surface area contributed by atoms with Crippen molar-refractivity contribution in [2.24, 2.45) is 10.9 Å². The first-order valence-corrected chi connectivity index (χ1v) is 7.81. The van der Waals surface area contributed by atoms with Crippen molar-refractivity contribution in [3.05, 3.63) is 0 Å². The molecule has 0 spiro atoms. The first kappa shape index (κ1) is 18.2. The number of nitrogens with zero attached hydrogens (tertiary/aromatic N) is 2. The zero-order chi connectivity index (χ0) is 14.7. The third-order valence-corrected chi connectivity index (χ3v) is 3.94. The van der Waals surface area contributed by atoms with E-state index in [9.17, 15) is 0 Å². The van der Waals surface area contributed by atoms with Gasteiger partial charge in [0.1, 0.15) is 0 Å². The van der Waals surface area contributed by atoms with E-state index in [1.807, 2.05) is 7.05 Å². The number of hydrogen-bond donors (Lipinski definition) is 2. The summed E-state index contributed by atoms with van der Waals surface area (Å²) in [4.78, 5) is 6.73. The molecule has 114 valence electrons. The molecular weight excluding hydrogens is 236 g/mol. The molecule has 0 aliphatic rings. The number of guanidine groups is 1. The molecular formula is C15H34N4. The lowest BCUT2D eigenvalue weighted by atomic mass is 10.0. The van der Waals surface area contributed by atoms with Crippen molar-refractivity contribution < 1.29 is 0 Å². The summed E-state index contributed by atoms with van der Waals surface area (Å²) in [5, 5.41) is 6.84. The van der Waals surface area contributed by atoms with E-state index in [0.717, 1.165) is 38.1 Å². The largest absolute Gasteiger partial charge is 0.356 e. The Balaban J connectivity index is 4.07.